The quantitative estimate of drug-likeness (QED) is 0.591. The molecule has 3 rings (SSSR count). The topological polar surface area (TPSA) is 101 Å². The molecule has 3 N–H and O–H groups in total. The van der Waals surface area contributed by atoms with E-state index >= 15 is 0 Å². The van der Waals surface area contributed by atoms with Crippen LogP contribution in [0.15, 0.2) is 37.8 Å². The highest BCUT2D eigenvalue weighted by Crippen LogP contribution is 2.36. The SMILES string of the molecule is N#CC[C@H](N)Cc1oc2c(NCc3ccco3)cc(Cl)nc2c1Br. The minimum atomic E-state index is -0.304. The maximum atomic E-state index is 8.74. The monoisotopic (exact) mass is 408 g/mol. The molecule has 0 amide bonds. The van der Waals surface area contributed by atoms with Gasteiger partial charge in [0.15, 0.2) is 5.58 Å². The van der Waals surface area contributed by atoms with E-state index in [1.165, 1.54) is 0 Å². The molecule has 0 bridgehead atoms. The molecule has 0 aliphatic heterocycles. The first-order chi connectivity index (χ1) is 11.6. The molecule has 0 aliphatic carbocycles. The fraction of sp³-hybridized carbons (Fsp3) is 0.250. The van der Waals surface area contributed by atoms with E-state index in [1.807, 2.05) is 12.1 Å². The minimum absolute atomic E-state index is 0.251. The third-order valence-electron chi connectivity index (χ3n) is 3.45. The molecule has 1 atom stereocenters. The Morgan fingerprint density at radius 2 is 2.33 bits per heavy atom. The molecular weight excluding hydrogens is 396 g/mol. The van der Waals surface area contributed by atoms with Gasteiger partial charge in [0.2, 0.25) is 0 Å². The zero-order valence-corrected chi connectivity index (χ0v) is 14.9. The average Bonchev–Trinajstić information content (AvgIpc) is 3.15. The van der Waals surface area contributed by atoms with Gasteiger partial charge in [-0.3, -0.25) is 0 Å². The van der Waals surface area contributed by atoms with E-state index < -0.39 is 0 Å². The van der Waals surface area contributed by atoms with Crippen LogP contribution in [0.25, 0.3) is 11.1 Å². The predicted molar refractivity (Wildman–Crippen MR) is 94.7 cm³/mol. The summed E-state index contributed by atoms with van der Waals surface area (Å²) < 4.78 is 11.9. The summed E-state index contributed by atoms with van der Waals surface area (Å²) >= 11 is 9.61. The fourth-order valence-corrected chi connectivity index (χ4v) is 3.04. The van der Waals surface area contributed by atoms with E-state index in [2.05, 4.69) is 32.3 Å². The summed E-state index contributed by atoms with van der Waals surface area (Å²) in [5.74, 6) is 1.43. The molecule has 0 saturated carbocycles. The number of anilines is 1. The van der Waals surface area contributed by atoms with E-state index in [1.54, 1.807) is 12.3 Å². The number of hydrogen-bond donors (Lipinski definition) is 2. The first-order valence-corrected chi connectivity index (χ1v) is 8.41. The van der Waals surface area contributed by atoms with Gasteiger partial charge in [-0.15, -0.1) is 0 Å². The number of aromatic nitrogens is 1. The number of nitrogens with one attached hydrogen (secondary N) is 1. The van der Waals surface area contributed by atoms with Crippen LogP contribution in [0.2, 0.25) is 5.15 Å². The van der Waals surface area contributed by atoms with Gasteiger partial charge in [0, 0.05) is 18.5 Å². The Hall–Kier alpha value is -2.01. The van der Waals surface area contributed by atoms with Crippen molar-refractivity contribution in [2.45, 2.75) is 25.4 Å². The first-order valence-electron chi connectivity index (χ1n) is 7.24. The Kier molecular flexibility index (Phi) is 5.09. The molecule has 3 aromatic heterocycles. The van der Waals surface area contributed by atoms with Gasteiger partial charge in [0.1, 0.15) is 22.2 Å². The number of hydrogen-bond acceptors (Lipinski definition) is 6. The third-order valence-corrected chi connectivity index (χ3v) is 4.47. The number of fused-ring (bicyclic) bond motifs is 1. The van der Waals surface area contributed by atoms with Crippen LogP contribution in [0.1, 0.15) is 17.9 Å². The van der Waals surface area contributed by atoms with E-state index in [-0.39, 0.29) is 12.5 Å². The zero-order chi connectivity index (χ0) is 17.1. The molecule has 0 aromatic carbocycles. The van der Waals surface area contributed by atoms with Crippen LogP contribution in [-0.4, -0.2) is 11.0 Å². The number of halogens is 2. The summed E-state index contributed by atoms with van der Waals surface area (Å²) in [7, 11) is 0. The van der Waals surface area contributed by atoms with E-state index in [0.29, 0.717) is 45.1 Å². The third kappa shape index (κ3) is 3.56. The van der Waals surface area contributed by atoms with Crippen molar-refractivity contribution >= 4 is 44.3 Å². The number of nitriles is 1. The van der Waals surface area contributed by atoms with Gasteiger partial charge < -0.3 is 19.9 Å². The molecule has 8 heteroatoms. The molecule has 0 fully saturated rings. The van der Waals surface area contributed by atoms with Crippen molar-refractivity contribution < 1.29 is 8.83 Å². The summed E-state index contributed by atoms with van der Waals surface area (Å²) in [4.78, 5) is 4.31. The second-order valence-electron chi connectivity index (χ2n) is 5.27. The Morgan fingerprint density at radius 3 is 3.04 bits per heavy atom. The largest absolute Gasteiger partial charge is 0.467 e. The minimum Gasteiger partial charge on any atom is -0.467 e. The first kappa shape index (κ1) is 16.8. The summed E-state index contributed by atoms with van der Waals surface area (Å²) in [5, 5.41) is 12.3. The van der Waals surface area contributed by atoms with Crippen LogP contribution in [0.4, 0.5) is 5.69 Å². The zero-order valence-electron chi connectivity index (χ0n) is 12.6. The van der Waals surface area contributed by atoms with Crippen molar-refractivity contribution in [3.05, 3.63) is 45.6 Å². The standard InChI is InChI=1S/C16H14BrClN4O2/c17-14-12(6-9(20)3-4-19)24-16-11(7-13(18)22-15(14)16)21-8-10-2-1-5-23-10/h1-2,5,7,9H,3,6,8,20H2,(H,21,22)/t9-/m0/s1. The van der Waals surface area contributed by atoms with Crippen molar-refractivity contribution in [1.82, 2.24) is 4.98 Å². The van der Waals surface area contributed by atoms with Gasteiger partial charge >= 0.3 is 0 Å². The number of furan rings is 2. The van der Waals surface area contributed by atoms with Crippen LogP contribution in [0.3, 0.4) is 0 Å². The normalized spacial score (nSPS) is 12.2. The number of nitrogens with two attached hydrogens (primary N) is 1. The predicted octanol–water partition coefficient (Wildman–Crippen LogP) is 4.23. The van der Waals surface area contributed by atoms with E-state index in [0.717, 1.165) is 5.76 Å². The second kappa shape index (κ2) is 7.26. The Balaban J connectivity index is 1.92. The van der Waals surface area contributed by atoms with Gasteiger partial charge in [-0.25, -0.2) is 4.98 Å². The van der Waals surface area contributed by atoms with Crippen molar-refractivity contribution in [3.8, 4) is 6.07 Å². The van der Waals surface area contributed by atoms with Crippen molar-refractivity contribution in [3.63, 3.8) is 0 Å². The average molecular weight is 410 g/mol. The Labute approximate surface area is 151 Å². The highest BCUT2D eigenvalue weighted by atomic mass is 79.9. The van der Waals surface area contributed by atoms with Gasteiger partial charge in [0.05, 0.1) is 35.5 Å². The highest BCUT2D eigenvalue weighted by molar-refractivity contribution is 9.10. The Bertz CT molecular complexity index is 886. The van der Waals surface area contributed by atoms with Crippen molar-refractivity contribution in [1.29, 1.82) is 5.26 Å². The van der Waals surface area contributed by atoms with E-state index in [9.17, 15) is 0 Å². The molecule has 0 aliphatic rings. The lowest BCUT2D eigenvalue weighted by molar-refractivity contribution is 0.512. The van der Waals surface area contributed by atoms with Gasteiger partial charge in [-0.1, -0.05) is 11.6 Å². The lowest BCUT2D eigenvalue weighted by Crippen LogP contribution is -2.21. The number of pyridine rings is 1. The van der Waals surface area contributed by atoms with Crippen molar-refractivity contribution in [2.75, 3.05) is 5.32 Å². The maximum Gasteiger partial charge on any atom is 0.177 e. The summed E-state index contributed by atoms with van der Waals surface area (Å²) in [6.07, 6.45) is 2.30. The smallest absolute Gasteiger partial charge is 0.177 e. The van der Waals surface area contributed by atoms with Gasteiger partial charge in [0.25, 0.3) is 0 Å². The molecular formula is C16H14BrClN4O2. The lowest BCUT2D eigenvalue weighted by Gasteiger charge is -2.06. The Morgan fingerprint density at radius 1 is 1.50 bits per heavy atom. The summed E-state index contributed by atoms with van der Waals surface area (Å²) in [6, 6.07) is 7.14. The molecule has 6 nitrogen and oxygen atoms in total. The van der Waals surface area contributed by atoms with Crippen LogP contribution in [0.5, 0.6) is 0 Å². The molecule has 124 valence electrons. The van der Waals surface area contributed by atoms with E-state index in [4.69, 9.17) is 31.4 Å². The molecule has 0 unspecified atom stereocenters. The molecule has 24 heavy (non-hydrogen) atoms. The van der Waals surface area contributed by atoms with Gasteiger partial charge in [-0.2, -0.15) is 5.26 Å². The van der Waals surface area contributed by atoms with Crippen LogP contribution in [0, 0.1) is 11.3 Å². The number of rotatable bonds is 6. The highest BCUT2D eigenvalue weighted by Gasteiger charge is 2.19. The fourth-order valence-electron chi connectivity index (χ4n) is 2.34. The summed E-state index contributed by atoms with van der Waals surface area (Å²) in [6.45, 7) is 0.490. The molecule has 3 aromatic rings. The molecule has 3 heterocycles. The lowest BCUT2D eigenvalue weighted by atomic mass is 10.1. The molecule has 0 spiro atoms. The maximum absolute atomic E-state index is 8.74. The summed E-state index contributed by atoms with van der Waals surface area (Å²) in [5.41, 5.74) is 7.83. The number of nitrogens with zero attached hydrogens (tertiary/aromatic N) is 2. The molecule has 0 radical (unpaired) electrons. The van der Waals surface area contributed by atoms with Crippen molar-refractivity contribution in [2.24, 2.45) is 5.73 Å². The molecule has 0 saturated heterocycles. The second-order valence-corrected chi connectivity index (χ2v) is 6.45. The van der Waals surface area contributed by atoms with Gasteiger partial charge in [-0.05, 0) is 28.1 Å². The van der Waals surface area contributed by atoms with Crippen LogP contribution >= 0.6 is 27.5 Å². The van der Waals surface area contributed by atoms with Crippen LogP contribution < -0.4 is 11.1 Å². The van der Waals surface area contributed by atoms with Crippen LogP contribution in [-0.2, 0) is 13.0 Å².